The van der Waals surface area contributed by atoms with Gasteiger partial charge in [-0.15, -0.1) is 0 Å². The molecule has 0 saturated carbocycles. The van der Waals surface area contributed by atoms with Gasteiger partial charge in [-0.1, -0.05) is 38.4 Å². The minimum Gasteiger partial charge on any atom is -0.506 e. The van der Waals surface area contributed by atoms with Gasteiger partial charge in [-0.25, -0.2) is 0 Å². The molecule has 14 heavy (non-hydrogen) atoms. The van der Waals surface area contributed by atoms with E-state index in [1.807, 2.05) is 6.92 Å². The van der Waals surface area contributed by atoms with E-state index >= 15 is 0 Å². The lowest BCUT2D eigenvalue weighted by Crippen LogP contribution is -1.98. The molecule has 0 aliphatic heterocycles. The van der Waals surface area contributed by atoms with E-state index in [1.165, 1.54) is 5.56 Å². The summed E-state index contributed by atoms with van der Waals surface area (Å²) in [5.41, 5.74) is 3.13. The molecule has 1 N–H and O–H groups in total. The van der Waals surface area contributed by atoms with Crippen molar-refractivity contribution < 1.29 is 5.11 Å². The van der Waals surface area contributed by atoms with Gasteiger partial charge < -0.3 is 5.11 Å². The number of hydrogen-bond acceptors (Lipinski definition) is 1. The van der Waals surface area contributed by atoms with Crippen LogP contribution in [-0.4, -0.2) is 5.11 Å². The van der Waals surface area contributed by atoms with Crippen molar-refractivity contribution in [3.63, 3.8) is 0 Å². The maximum atomic E-state index is 9.93. The van der Waals surface area contributed by atoms with Crippen LogP contribution in [0.25, 0.3) is 0 Å². The maximum absolute atomic E-state index is 9.93. The molecule has 0 atom stereocenters. The first kappa shape index (κ1) is 11.4. The Morgan fingerprint density at radius 1 is 1.43 bits per heavy atom. The van der Waals surface area contributed by atoms with Crippen LogP contribution in [0.3, 0.4) is 0 Å². The number of aromatic hydroxyl groups is 1. The Kier molecular flexibility index (Phi) is 3.43. The quantitative estimate of drug-likeness (QED) is 0.785. The van der Waals surface area contributed by atoms with Gasteiger partial charge in [0.05, 0.1) is 5.02 Å². The highest BCUT2D eigenvalue weighted by Crippen LogP contribution is 2.37. The molecule has 78 valence electrons. The van der Waals surface area contributed by atoms with Gasteiger partial charge in [0.1, 0.15) is 5.75 Å². The molecule has 0 aliphatic carbocycles. The van der Waals surface area contributed by atoms with Gasteiger partial charge in [-0.05, 0) is 30.4 Å². The maximum Gasteiger partial charge on any atom is 0.138 e. The lowest BCUT2D eigenvalue weighted by molar-refractivity contribution is 0.463. The lowest BCUT2D eigenvalue weighted by atomic mass is 9.93. The minimum atomic E-state index is 0.263. The van der Waals surface area contributed by atoms with Gasteiger partial charge in [0.15, 0.2) is 0 Å². The van der Waals surface area contributed by atoms with E-state index in [1.54, 1.807) is 0 Å². The fourth-order valence-electron chi connectivity index (χ4n) is 1.80. The van der Waals surface area contributed by atoms with Crippen molar-refractivity contribution in [1.82, 2.24) is 0 Å². The summed E-state index contributed by atoms with van der Waals surface area (Å²) in [5.74, 6) is 0.571. The third-order valence-electron chi connectivity index (χ3n) is 2.50. The summed E-state index contributed by atoms with van der Waals surface area (Å²) in [7, 11) is 0. The molecule has 0 unspecified atom stereocenters. The first-order valence-corrected chi connectivity index (χ1v) is 5.37. The van der Waals surface area contributed by atoms with E-state index < -0.39 is 0 Å². The molecule has 1 aromatic carbocycles. The van der Waals surface area contributed by atoms with Gasteiger partial charge in [-0.3, -0.25) is 0 Å². The zero-order valence-corrected chi connectivity index (χ0v) is 9.94. The summed E-state index contributed by atoms with van der Waals surface area (Å²) in [5, 5.41) is 10.4. The predicted molar refractivity (Wildman–Crippen MR) is 61.3 cm³/mol. The summed E-state index contributed by atoms with van der Waals surface area (Å²) in [4.78, 5) is 0. The third kappa shape index (κ3) is 1.88. The highest BCUT2D eigenvalue weighted by Gasteiger charge is 2.15. The third-order valence-corrected chi connectivity index (χ3v) is 2.98. The number of halogens is 1. The van der Waals surface area contributed by atoms with Crippen LogP contribution in [0.5, 0.6) is 5.75 Å². The SMILES string of the molecule is CCc1cc(C)c(Cl)c(O)c1C(C)C. The predicted octanol–water partition coefficient (Wildman–Crippen LogP) is 4.04. The molecule has 0 aliphatic rings. The summed E-state index contributed by atoms with van der Waals surface area (Å²) >= 11 is 6.01. The van der Waals surface area contributed by atoms with E-state index in [2.05, 4.69) is 26.8 Å². The van der Waals surface area contributed by atoms with Crippen molar-refractivity contribution in [3.05, 3.63) is 27.8 Å². The van der Waals surface area contributed by atoms with E-state index in [4.69, 9.17) is 11.6 Å². The summed E-state index contributed by atoms with van der Waals surface area (Å²) < 4.78 is 0. The fraction of sp³-hybridized carbons (Fsp3) is 0.500. The van der Waals surface area contributed by atoms with Crippen molar-refractivity contribution in [2.45, 2.75) is 40.0 Å². The zero-order chi connectivity index (χ0) is 10.9. The average molecular weight is 213 g/mol. The van der Waals surface area contributed by atoms with Crippen LogP contribution in [0.1, 0.15) is 43.4 Å². The standard InChI is InChI=1S/C12H17ClO/c1-5-9-6-8(4)11(13)12(14)10(9)7(2)3/h6-7,14H,5H2,1-4H3. The Morgan fingerprint density at radius 2 is 2.00 bits per heavy atom. The molecular formula is C12H17ClO. The van der Waals surface area contributed by atoms with E-state index in [0.29, 0.717) is 10.9 Å². The second kappa shape index (κ2) is 4.22. The van der Waals surface area contributed by atoms with Crippen molar-refractivity contribution in [3.8, 4) is 5.75 Å². The number of hydrogen-bond donors (Lipinski definition) is 1. The molecule has 0 aromatic heterocycles. The van der Waals surface area contributed by atoms with Gasteiger partial charge in [0.2, 0.25) is 0 Å². The van der Waals surface area contributed by atoms with Crippen LogP contribution in [0.2, 0.25) is 5.02 Å². The molecule has 0 amide bonds. The van der Waals surface area contributed by atoms with Crippen LogP contribution < -0.4 is 0 Å². The van der Waals surface area contributed by atoms with Crippen LogP contribution in [-0.2, 0) is 6.42 Å². The molecular weight excluding hydrogens is 196 g/mol. The molecule has 1 rings (SSSR count). The Bertz CT molecular complexity index is 343. The Morgan fingerprint density at radius 3 is 2.43 bits per heavy atom. The van der Waals surface area contributed by atoms with Gasteiger partial charge in [0, 0.05) is 5.56 Å². The fourth-order valence-corrected chi connectivity index (χ4v) is 1.95. The van der Waals surface area contributed by atoms with Crippen LogP contribution in [0.15, 0.2) is 6.07 Å². The number of rotatable bonds is 2. The highest BCUT2D eigenvalue weighted by atomic mass is 35.5. The summed E-state index contributed by atoms with van der Waals surface area (Å²) in [6.07, 6.45) is 0.930. The number of phenols is 1. The lowest BCUT2D eigenvalue weighted by Gasteiger charge is -2.16. The zero-order valence-electron chi connectivity index (χ0n) is 9.19. The Hall–Kier alpha value is -0.690. The largest absolute Gasteiger partial charge is 0.506 e. The van der Waals surface area contributed by atoms with Crippen molar-refractivity contribution in [2.24, 2.45) is 0 Å². The van der Waals surface area contributed by atoms with Crippen LogP contribution in [0.4, 0.5) is 0 Å². The molecule has 0 fully saturated rings. The molecule has 1 aromatic rings. The van der Waals surface area contributed by atoms with Crippen molar-refractivity contribution in [2.75, 3.05) is 0 Å². The monoisotopic (exact) mass is 212 g/mol. The number of phenolic OH excluding ortho intramolecular Hbond substituents is 1. The number of benzene rings is 1. The van der Waals surface area contributed by atoms with Crippen molar-refractivity contribution >= 4 is 11.6 Å². The minimum absolute atomic E-state index is 0.263. The van der Waals surface area contributed by atoms with E-state index in [-0.39, 0.29) is 5.75 Å². The molecule has 0 saturated heterocycles. The van der Waals surface area contributed by atoms with Gasteiger partial charge >= 0.3 is 0 Å². The van der Waals surface area contributed by atoms with E-state index in [9.17, 15) is 5.11 Å². The normalized spacial score (nSPS) is 11.0. The number of aryl methyl sites for hydroxylation is 2. The second-order valence-corrected chi connectivity index (χ2v) is 4.32. The molecule has 0 heterocycles. The topological polar surface area (TPSA) is 20.2 Å². The molecule has 0 spiro atoms. The molecule has 0 radical (unpaired) electrons. The van der Waals surface area contributed by atoms with Crippen LogP contribution in [0, 0.1) is 6.92 Å². The Labute approximate surface area is 90.7 Å². The van der Waals surface area contributed by atoms with Crippen LogP contribution >= 0.6 is 11.6 Å². The molecule has 0 bridgehead atoms. The first-order chi connectivity index (χ1) is 6.49. The second-order valence-electron chi connectivity index (χ2n) is 3.94. The molecule has 2 heteroatoms. The van der Waals surface area contributed by atoms with Crippen molar-refractivity contribution in [1.29, 1.82) is 0 Å². The van der Waals surface area contributed by atoms with Gasteiger partial charge in [-0.2, -0.15) is 0 Å². The molecule has 1 nitrogen and oxygen atoms in total. The summed E-state index contributed by atoms with van der Waals surface area (Å²) in [6.45, 7) is 8.15. The summed E-state index contributed by atoms with van der Waals surface area (Å²) in [6, 6.07) is 2.07. The highest BCUT2D eigenvalue weighted by molar-refractivity contribution is 6.32. The Balaban J connectivity index is 3.45. The smallest absolute Gasteiger partial charge is 0.138 e. The first-order valence-electron chi connectivity index (χ1n) is 4.99. The average Bonchev–Trinajstić information content (AvgIpc) is 2.12. The van der Waals surface area contributed by atoms with Gasteiger partial charge in [0.25, 0.3) is 0 Å². The van der Waals surface area contributed by atoms with E-state index in [0.717, 1.165) is 17.5 Å².